The first-order valence-corrected chi connectivity index (χ1v) is 12.9. The normalized spacial score (nSPS) is 11.5. The molecule has 0 saturated heterocycles. The smallest absolute Gasteiger partial charge is 0.241 e. The van der Waals surface area contributed by atoms with Gasteiger partial charge in [0.2, 0.25) is 21.1 Å². The average Bonchev–Trinajstić information content (AvgIpc) is 3.13. The molecule has 0 unspecified atom stereocenters. The third-order valence-corrected chi connectivity index (χ3v) is 8.18. The summed E-state index contributed by atoms with van der Waals surface area (Å²) in [4.78, 5) is 12.5. The Labute approximate surface area is 190 Å². The summed E-state index contributed by atoms with van der Waals surface area (Å²) in [5.41, 5.74) is 3.55. The van der Waals surface area contributed by atoms with E-state index >= 15 is 0 Å². The molecule has 10 heteroatoms. The maximum atomic E-state index is 12.7. The Balaban J connectivity index is 1.49. The predicted molar refractivity (Wildman–Crippen MR) is 125 cm³/mol. The summed E-state index contributed by atoms with van der Waals surface area (Å²) in [6, 6.07) is 13.7. The molecule has 0 saturated carbocycles. The summed E-state index contributed by atoms with van der Waals surface area (Å²) >= 11 is 2.84. The molecule has 0 atom stereocenters. The monoisotopic (exact) mass is 476 g/mol. The highest BCUT2D eigenvalue weighted by Crippen LogP contribution is 2.28. The van der Waals surface area contributed by atoms with Gasteiger partial charge in [-0.05, 0) is 37.5 Å². The van der Waals surface area contributed by atoms with E-state index in [1.807, 2.05) is 49.4 Å². The Morgan fingerprint density at radius 2 is 1.74 bits per heavy atom. The summed E-state index contributed by atoms with van der Waals surface area (Å²) in [6.45, 7) is 5.46. The fourth-order valence-corrected chi connectivity index (χ4v) is 6.39. The van der Waals surface area contributed by atoms with Crippen molar-refractivity contribution < 1.29 is 13.2 Å². The summed E-state index contributed by atoms with van der Waals surface area (Å²) in [7, 11) is -3.70. The minimum absolute atomic E-state index is 0.00462. The van der Waals surface area contributed by atoms with Crippen LogP contribution in [0.2, 0.25) is 0 Å². The third kappa shape index (κ3) is 6.60. The Morgan fingerprint density at radius 3 is 2.42 bits per heavy atom. The number of amides is 1. The van der Waals surface area contributed by atoms with Crippen LogP contribution in [0.25, 0.3) is 0 Å². The second-order valence-corrected chi connectivity index (χ2v) is 11.0. The Morgan fingerprint density at radius 1 is 1.06 bits per heavy atom. The highest BCUT2D eigenvalue weighted by molar-refractivity contribution is 8.00. The molecule has 0 bridgehead atoms. The van der Waals surface area contributed by atoms with Crippen molar-refractivity contribution in [1.82, 2.24) is 14.9 Å². The Bertz CT molecular complexity index is 1140. The van der Waals surface area contributed by atoms with Crippen LogP contribution in [0.4, 0.5) is 5.13 Å². The lowest BCUT2D eigenvalue weighted by Gasteiger charge is -2.13. The van der Waals surface area contributed by atoms with E-state index in [-0.39, 0.29) is 23.8 Å². The van der Waals surface area contributed by atoms with E-state index in [4.69, 9.17) is 0 Å². The van der Waals surface area contributed by atoms with Crippen LogP contribution in [-0.4, -0.2) is 31.1 Å². The van der Waals surface area contributed by atoms with E-state index in [9.17, 15) is 13.2 Å². The van der Waals surface area contributed by atoms with Gasteiger partial charge in [-0.15, -0.1) is 10.2 Å². The largest absolute Gasteiger partial charge is 0.300 e. The van der Waals surface area contributed by atoms with Crippen molar-refractivity contribution in [1.29, 1.82) is 0 Å². The van der Waals surface area contributed by atoms with Gasteiger partial charge in [-0.3, -0.25) is 4.79 Å². The van der Waals surface area contributed by atoms with Gasteiger partial charge in [-0.2, -0.15) is 0 Å². The number of thioether (sulfide) groups is 1. The van der Waals surface area contributed by atoms with Crippen LogP contribution >= 0.6 is 23.1 Å². The van der Waals surface area contributed by atoms with Crippen LogP contribution in [0.1, 0.15) is 28.7 Å². The van der Waals surface area contributed by atoms with E-state index in [1.165, 1.54) is 16.9 Å². The molecule has 1 aromatic heterocycles. The number of aromatic nitrogens is 2. The van der Waals surface area contributed by atoms with Gasteiger partial charge in [0.25, 0.3) is 0 Å². The van der Waals surface area contributed by atoms with Crippen molar-refractivity contribution >= 4 is 44.2 Å². The van der Waals surface area contributed by atoms with Crippen LogP contribution in [0.15, 0.2) is 51.7 Å². The highest BCUT2D eigenvalue weighted by Gasteiger charge is 2.20. The van der Waals surface area contributed by atoms with E-state index in [1.54, 1.807) is 25.6 Å². The van der Waals surface area contributed by atoms with Crippen molar-refractivity contribution in [3.63, 3.8) is 0 Å². The maximum absolute atomic E-state index is 12.7. The van der Waals surface area contributed by atoms with Gasteiger partial charge in [0.1, 0.15) is 0 Å². The number of nitrogens with zero attached hydrogens (tertiary/aromatic N) is 2. The molecule has 0 radical (unpaired) electrons. The van der Waals surface area contributed by atoms with Crippen LogP contribution in [0.5, 0.6) is 0 Å². The van der Waals surface area contributed by atoms with Crippen molar-refractivity contribution in [2.24, 2.45) is 0 Å². The predicted octanol–water partition coefficient (Wildman–Crippen LogP) is 4.06. The van der Waals surface area contributed by atoms with Crippen LogP contribution in [0, 0.1) is 20.8 Å². The molecule has 2 aromatic carbocycles. The summed E-state index contributed by atoms with van der Waals surface area (Å²) in [5, 5.41) is 11.1. The number of aryl methyl sites for hydroxylation is 3. The van der Waals surface area contributed by atoms with Gasteiger partial charge in [0, 0.05) is 18.7 Å². The van der Waals surface area contributed by atoms with Crippen molar-refractivity contribution in [2.45, 2.75) is 42.2 Å². The summed E-state index contributed by atoms with van der Waals surface area (Å²) in [5.74, 6) is 0.444. The average molecular weight is 477 g/mol. The van der Waals surface area contributed by atoms with Crippen molar-refractivity contribution in [3.8, 4) is 0 Å². The second kappa shape index (κ2) is 10.4. The first kappa shape index (κ1) is 23.4. The third-order valence-electron chi connectivity index (χ3n) is 4.38. The lowest BCUT2D eigenvalue weighted by atomic mass is 10.1. The first-order chi connectivity index (χ1) is 14.7. The topological polar surface area (TPSA) is 101 Å². The zero-order valence-electron chi connectivity index (χ0n) is 17.5. The first-order valence-electron chi connectivity index (χ1n) is 9.62. The number of benzene rings is 2. The van der Waals surface area contributed by atoms with E-state index in [0.717, 1.165) is 15.7 Å². The number of sulfonamides is 1. The number of rotatable bonds is 9. The molecule has 2 N–H and O–H groups in total. The zero-order valence-corrected chi connectivity index (χ0v) is 20.0. The highest BCUT2D eigenvalue weighted by atomic mass is 32.2. The second-order valence-electron chi connectivity index (χ2n) is 7.07. The van der Waals surface area contributed by atoms with Crippen molar-refractivity contribution in [2.75, 3.05) is 11.9 Å². The van der Waals surface area contributed by atoms with Gasteiger partial charge in [-0.1, -0.05) is 71.1 Å². The lowest BCUT2D eigenvalue weighted by Crippen LogP contribution is -2.29. The van der Waals surface area contributed by atoms with E-state index < -0.39 is 10.0 Å². The molecule has 0 fully saturated rings. The fraction of sp³-hybridized carbons (Fsp3) is 0.286. The van der Waals surface area contributed by atoms with Gasteiger partial charge in [-0.25, -0.2) is 13.1 Å². The van der Waals surface area contributed by atoms with Crippen LogP contribution in [0.3, 0.4) is 0 Å². The Hall–Kier alpha value is -2.27. The zero-order chi connectivity index (χ0) is 22.4. The van der Waals surface area contributed by atoms with Gasteiger partial charge in [0.05, 0.1) is 4.90 Å². The number of hydrogen-bond donors (Lipinski definition) is 2. The number of nitrogens with one attached hydrogen (secondary N) is 2. The van der Waals surface area contributed by atoms with E-state index in [2.05, 4.69) is 20.2 Å². The quantitative estimate of drug-likeness (QED) is 0.357. The van der Waals surface area contributed by atoms with Gasteiger partial charge in [0.15, 0.2) is 4.34 Å². The number of carbonyl (C=O) groups excluding carboxylic acids is 1. The number of hydrogen-bond acceptors (Lipinski definition) is 7. The number of carbonyl (C=O) groups is 1. The molecule has 164 valence electrons. The molecular weight excluding hydrogens is 452 g/mol. The molecule has 31 heavy (non-hydrogen) atoms. The van der Waals surface area contributed by atoms with Crippen LogP contribution in [-0.2, 0) is 20.6 Å². The van der Waals surface area contributed by atoms with Gasteiger partial charge >= 0.3 is 0 Å². The molecule has 0 aliphatic rings. The maximum Gasteiger partial charge on any atom is 0.241 e. The molecule has 0 spiro atoms. The molecule has 3 aromatic rings. The molecule has 0 aliphatic carbocycles. The molecule has 7 nitrogen and oxygen atoms in total. The lowest BCUT2D eigenvalue weighted by molar-refractivity contribution is -0.116. The summed E-state index contributed by atoms with van der Waals surface area (Å²) < 4.78 is 28.6. The molecule has 1 amide bonds. The molecule has 1 heterocycles. The summed E-state index contributed by atoms with van der Waals surface area (Å²) in [6.07, 6.45) is -0.00470. The molecule has 0 aliphatic heterocycles. The van der Waals surface area contributed by atoms with Crippen molar-refractivity contribution in [3.05, 3.63) is 64.7 Å². The minimum Gasteiger partial charge on any atom is -0.300 e. The molecular formula is C21H24N4O3S3. The molecule has 3 rings (SSSR count). The minimum atomic E-state index is -3.70. The Kier molecular flexibility index (Phi) is 7.82. The standard InChI is InChI=1S/C21H24N4O3S3/c1-14-11-15(2)19(16(3)12-14)31(27,28)22-10-9-18(26)23-20-24-25-21(30-20)29-13-17-7-5-4-6-8-17/h4-8,11-12,22H,9-10,13H2,1-3H3,(H,23,24,26). The van der Waals surface area contributed by atoms with Gasteiger partial charge < -0.3 is 5.32 Å². The van der Waals surface area contributed by atoms with Crippen LogP contribution < -0.4 is 10.0 Å². The fourth-order valence-electron chi connectivity index (χ4n) is 3.18. The number of anilines is 1. The van der Waals surface area contributed by atoms with E-state index in [0.29, 0.717) is 16.3 Å². The SMILES string of the molecule is Cc1cc(C)c(S(=O)(=O)NCCC(=O)Nc2nnc(SCc3ccccc3)s2)c(C)c1.